The molecule has 0 aromatic heterocycles. The lowest BCUT2D eigenvalue weighted by atomic mass is 9.42. The highest BCUT2D eigenvalue weighted by Crippen LogP contribution is 2.69. The molecule has 4 fully saturated rings. The first-order valence-corrected chi connectivity index (χ1v) is 12.4. The largest absolute Gasteiger partial charge is 0.469 e. The minimum absolute atomic E-state index is 0.0636. The quantitative estimate of drug-likeness (QED) is 0.586. The number of esters is 1. The Balaban J connectivity index is 1.51. The zero-order valence-electron chi connectivity index (χ0n) is 19.5. The Labute approximate surface area is 178 Å². The van der Waals surface area contributed by atoms with Gasteiger partial charge < -0.3 is 9.84 Å². The fourth-order valence-electron chi connectivity index (χ4n) is 9.12. The summed E-state index contributed by atoms with van der Waals surface area (Å²) in [5.41, 5.74) is 0.119. The van der Waals surface area contributed by atoms with Gasteiger partial charge in [0.05, 0.1) is 12.7 Å². The van der Waals surface area contributed by atoms with Crippen molar-refractivity contribution in [3.63, 3.8) is 0 Å². The number of hydrogen-bond acceptors (Lipinski definition) is 3. The van der Waals surface area contributed by atoms with Crippen molar-refractivity contribution < 1.29 is 14.6 Å². The van der Waals surface area contributed by atoms with Crippen molar-refractivity contribution in [2.24, 2.45) is 46.3 Å². The maximum absolute atomic E-state index is 11.7. The van der Waals surface area contributed by atoms with E-state index in [4.69, 9.17) is 4.74 Å². The third-order valence-electron chi connectivity index (χ3n) is 10.8. The summed E-state index contributed by atoms with van der Waals surface area (Å²) in [5.74, 6) is 4.25. The summed E-state index contributed by atoms with van der Waals surface area (Å²) in [5, 5.41) is 11.7. The second-order valence-corrected chi connectivity index (χ2v) is 12.0. The van der Waals surface area contributed by atoms with Crippen LogP contribution in [-0.4, -0.2) is 23.8 Å². The van der Waals surface area contributed by atoms with E-state index in [9.17, 15) is 9.90 Å². The molecule has 4 aliphatic carbocycles. The molecule has 0 unspecified atom stereocenters. The Morgan fingerprint density at radius 3 is 2.55 bits per heavy atom. The van der Waals surface area contributed by atoms with Crippen LogP contribution in [0.2, 0.25) is 0 Å². The van der Waals surface area contributed by atoms with Crippen LogP contribution in [0.15, 0.2) is 0 Å². The van der Waals surface area contributed by atoms with Crippen molar-refractivity contribution in [2.75, 3.05) is 7.11 Å². The summed E-state index contributed by atoms with van der Waals surface area (Å²) in [4.78, 5) is 11.7. The minimum atomic E-state index is -0.425. The van der Waals surface area contributed by atoms with Crippen LogP contribution >= 0.6 is 0 Å². The van der Waals surface area contributed by atoms with Crippen LogP contribution in [0.1, 0.15) is 98.3 Å². The first-order chi connectivity index (χ1) is 13.6. The molecule has 29 heavy (non-hydrogen) atoms. The number of fused-ring (bicyclic) bond motifs is 5. The third kappa shape index (κ3) is 3.29. The maximum Gasteiger partial charge on any atom is 0.305 e. The molecule has 0 bridgehead atoms. The number of carbonyl (C=O) groups excluding carboxylic acids is 1. The number of ether oxygens (including phenoxy) is 1. The summed E-state index contributed by atoms with van der Waals surface area (Å²) in [6, 6.07) is 0. The molecule has 0 aromatic carbocycles. The average Bonchev–Trinajstić information content (AvgIpc) is 3.04. The van der Waals surface area contributed by atoms with E-state index in [1.54, 1.807) is 0 Å². The van der Waals surface area contributed by atoms with E-state index >= 15 is 0 Å². The molecular formula is C26H44O3. The summed E-state index contributed by atoms with van der Waals surface area (Å²) in [6.45, 7) is 9.73. The number of methoxy groups -OCH3 is 1. The minimum Gasteiger partial charge on any atom is -0.469 e. The highest BCUT2D eigenvalue weighted by molar-refractivity contribution is 5.69. The van der Waals surface area contributed by atoms with Gasteiger partial charge in [0.25, 0.3) is 0 Å². The van der Waals surface area contributed by atoms with Crippen molar-refractivity contribution in [3.05, 3.63) is 0 Å². The summed E-state index contributed by atoms with van der Waals surface area (Å²) < 4.78 is 4.88. The molecule has 0 heterocycles. The van der Waals surface area contributed by atoms with Gasteiger partial charge in [-0.15, -0.1) is 0 Å². The van der Waals surface area contributed by atoms with Crippen LogP contribution in [0.3, 0.4) is 0 Å². The van der Waals surface area contributed by atoms with Crippen molar-refractivity contribution in [3.8, 4) is 0 Å². The Morgan fingerprint density at radius 2 is 1.83 bits per heavy atom. The molecule has 4 rings (SSSR count). The molecule has 0 saturated heterocycles. The van der Waals surface area contributed by atoms with Gasteiger partial charge in [-0.2, -0.15) is 0 Å². The van der Waals surface area contributed by atoms with E-state index in [-0.39, 0.29) is 11.4 Å². The van der Waals surface area contributed by atoms with Crippen LogP contribution in [-0.2, 0) is 9.53 Å². The Morgan fingerprint density at radius 1 is 1.07 bits per heavy atom. The van der Waals surface area contributed by atoms with Crippen molar-refractivity contribution in [2.45, 2.75) is 104 Å². The van der Waals surface area contributed by atoms with Gasteiger partial charge in [-0.3, -0.25) is 4.79 Å². The second kappa shape index (κ2) is 7.53. The number of carbonyl (C=O) groups is 1. The van der Waals surface area contributed by atoms with Gasteiger partial charge in [-0.25, -0.2) is 0 Å². The van der Waals surface area contributed by atoms with Gasteiger partial charge in [0.1, 0.15) is 0 Å². The summed E-state index contributed by atoms with van der Waals surface area (Å²) >= 11 is 0. The molecule has 0 aromatic rings. The summed E-state index contributed by atoms with van der Waals surface area (Å²) in [7, 11) is 1.50. The van der Waals surface area contributed by atoms with E-state index in [0.29, 0.717) is 29.6 Å². The molecule has 1 N–H and O–H groups in total. The molecule has 4 saturated carbocycles. The number of aliphatic hydroxyl groups is 1. The molecule has 0 radical (unpaired) electrons. The topological polar surface area (TPSA) is 46.5 Å². The lowest BCUT2D eigenvalue weighted by Gasteiger charge is -2.64. The molecule has 166 valence electrons. The van der Waals surface area contributed by atoms with Gasteiger partial charge in [0.15, 0.2) is 0 Å². The molecular weight excluding hydrogens is 360 g/mol. The summed E-state index contributed by atoms with van der Waals surface area (Å²) in [6.07, 6.45) is 12.6. The van der Waals surface area contributed by atoms with Crippen LogP contribution in [0.5, 0.6) is 0 Å². The van der Waals surface area contributed by atoms with Gasteiger partial charge in [-0.05, 0) is 111 Å². The lowest BCUT2D eigenvalue weighted by molar-refractivity contribution is -0.212. The number of hydrogen-bond donors (Lipinski definition) is 1. The normalized spacial score (nSPS) is 50.2. The fourth-order valence-corrected chi connectivity index (χ4v) is 9.12. The van der Waals surface area contributed by atoms with E-state index in [2.05, 4.69) is 27.7 Å². The third-order valence-corrected chi connectivity index (χ3v) is 10.8. The predicted molar refractivity (Wildman–Crippen MR) is 116 cm³/mol. The molecule has 3 heteroatoms. The van der Waals surface area contributed by atoms with Gasteiger partial charge >= 0.3 is 5.97 Å². The molecule has 3 nitrogen and oxygen atoms in total. The first-order valence-electron chi connectivity index (χ1n) is 12.4. The van der Waals surface area contributed by atoms with Crippen LogP contribution < -0.4 is 0 Å². The van der Waals surface area contributed by atoms with Crippen molar-refractivity contribution in [1.82, 2.24) is 0 Å². The van der Waals surface area contributed by atoms with Gasteiger partial charge in [0.2, 0.25) is 0 Å². The monoisotopic (exact) mass is 404 g/mol. The molecule has 0 amide bonds. The molecule has 4 aliphatic rings. The first kappa shape index (κ1) is 21.7. The zero-order valence-corrected chi connectivity index (χ0v) is 19.5. The van der Waals surface area contributed by atoms with E-state index < -0.39 is 5.60 Å². The average molecular weight is 405 g/mol. The van der Waals surface area contributed by atoms with Gasteiger partial charge in [0, 0.05) is 6.42 Å². The second-order valence-electron chi connectivity index (χ2n) is 12.0. The fraction of sp³-hybridized carbons (Fsp3) is 0.962. The molecule has 0 aliphatic heterocycles. The van der Waals surface area contributed by atoms with Crippen molar-refractivity contribution >= 4 is 5.97 Å². The predicted octanol–water partition coefficient (Wildman–Crippen LogP) is 5.99. The van der Waals surface area contributed by atoms with Crippen LogP contribution in [0.25, 0.3) is 0 Å². The Hall–Kier alpha value is -0.570. The molecule has 0 spiro atoms. The standard InChI is InChI=1S/C26H44O3/c1-17-10-14-25(4)22-12-13-24(3)20(18(2)6-9-23(27)29-5)7-8-21(24)19(22)11-15-26(25,28)16-17/h17-22,28H,6-16H2,1-5H3/t17-,18-,19+,20-,21+,22+,24-,25-,26+/m1/s1. The van der Waals surface area contributed by atoms with E-state index in [0.717, 1.165) is 37.0 Å². The lowest BCUT2D eigenvalue weighted by Crippen LogP contribution is -2.62. The molecule has 9 atom stereocenters. The number of rotatable bonds is 4. The van der Waals surface area contributed by atoms with Crippen LogP contribution in [0.4, 0.5) is 0 Å². The zero-order chi connectivity index (χ0) is 21.0. The van der Waals surface area contributed by atoms with E-state index in [1.807, 2.05) is 0 Å². The maximum atomic E-state index is 11.7. The smallest absolute Gasteiger partial charge is 0.305 e. The van der Waals surface area contributed by atoms with E-state index in [1.165, 1.54) is 52.1 Å². The van der Waals surface area contributed by atoms with Gasteiger partial charge in [-0.1, -0.05) is 27.7 Å². The Kier molecular flexibility index (Phi) is 5.63. The van der Waals surface area contributed by atoms with Crippen molar-refractivity contribution in [1.29, 1.82) is 0 Å². The van der Waals surface area contributed by atoms with Crippen LogP contribution in [0, 0.1) is 46.3 Å². The highest BCUT2D eigenvalue weighted by atomic mass is 16.5. The highest BCUT2D eigenvalue weighted by Gasteiger charge is 2.64. The Bertz CT molecular complexity index is 631. The SMILES string of the molecule is COC(=O)CC[C@@H](C)[C@H]1CC[C@H]2[C@@H]3CC[C@]4(O)C[C@H](C)CC[C@]4(C)[C@H]3CC[C@]12C.